The number of aromatic amines is 1. The fraction of sp³-hybridized carbons (Fsp3) is 0.438. The number of piperidine rings is 1. The number of amides is 1. The Labute approximate surface area is 123 Å². The molecule has 20 heavy (non-hydrogen) atoms. The number of aryl methyl sites for hydroxylation is 1. The molecule has 1 aliphatic heterocycles. The van der Waals surface area contributed by atoms with Crippen molar-refractivity contribution in [3.8, 4) is 0 Å². The van der Waals surface area contributed by atoms with Gasteiger partial charge in [-0.1, -0.05) is 18.5 Å². The largest absolute Gasteiger partial charge is 0.350 e. The second kappa shape index (κ2) is 5.13. The second-order valence-corrected chi connectivity index (χ2v) is 6.25. The molecule has 2 heterocycles. The van der Waals surface area contributed by atoms with Crippen molar-refractivity contribution in [3.63, 3.8) is 0 Å². The van der Waals surface area contributed by atoms with Crippen molar-refractivity contribution in [1.29, 1.82) is 0 Å². The van der Waals surface area contributed by atoms with Gasteiger partial charge in [0.1, 0.15) is 5.69 Å². The first-order valence-corrected chi connectivity index (χ1v) is 7.51. The van der Waals surface area contributed by atoms with Crippen molar-refractivity contribution in [2.75, 3.05) is 13.1 Å². The van der Waals surface area contributed by atoms with Gasteiger partial charge in [-0.2, -0.15) is 0 Å². The fourth-order valence-corrected chi connectivity index (χ4v) is 3.22. The van der Waals surface area contributed by atoms with Crippen LogP contribution in [0.4, 0.5) is 0 Å². The van der Waals surface area contributed by atoms with E-state index in [4.69, 9.17) is 11.6 Å². The van der Waals surface area contributed by atoms with Crippen LogP contribution >= 0.6 is 11.6 Å². The molecule has 0 saturated carbocycles. The first kappa shape index (κ1) is 13.5. The highest BCUT2D eigenvalue weighted by Crippen LogP contribution is 2.27. The van der Waals surface area contributed by atoms with Crippen molar-refractivity contribution in [1.82, 2.24) is 9.88 Å². The van der Waals surface area contributed by atoms with Gasteiger partial charge >= 0.3 is 0 Å². The molecule has 2 aromatic rings. The number of nitrogens with zero attached hydrogens (tertiary/aromatic N) is 1. The number of rotatable bonds is 1. The summed E-state index contributed by atoms with van der Waals surface area (Å²) in [6.45, 7) is 5.90. The van der Waals surface area contributed by atoms with Gasteiger partial charge < -0.3 is 9.88 Å². The van der Waals surface area contributed by atoms with Crippen molar-refractivity contribution in [3.05, 3.63) is 34.5 Å². The molecule has 1 saturated heterocycles. The Morgan fingerprint density at radius 3 is 3.00 bits per heavy atom. The maximum Gasteiger partial charge on any atom is 0.270 e. The molecule has 4 heteroatoms. The minimum absolute atomic E-state index is 0.112. The van der Waals surface area contributed by atoms with Crippen LogP contribution in [0.5, 0.6) is 0 Å². The number of carbonyl (C=O) groups is 1. The second-order valence-electron chi connectivity index (χ2n) is 5.81. The first-order valence-electron chi connectivity index (χ1n) is 7.13. The summed E-state index contributed by atoms with van der Waals surface area (Å²) < 4.78 is 0. The summed E-state index contributed by atoms with van der Waals surface area (Å²) >= 11 is 6.04. The minimum atomic E-state index is 0.112. The number of nitrogens with one attached hydrogen (secondary N) is 1. The average molecular weight is 291 g/mol. The Kier molecular flexibility index (Phi) is 3.47. The number of likely N-dealkylation sites (tertiary alicyclic amines) is 1. The van der Waals surface area contributed by atoms with E-state index in [1.165, 1.54) is 6.42 Å². The first-order chi connectivity index (χ1) is 9.56. The Bertz CT molecular complexity index is 662. The number of hydrogen-bond donors (Lipinski definition) is 1. The van der Waals surface area contributed by atoms with E-state index >= 15 is 0 Å². The van der Waals surface area contributed by atoms with E-state index in [0.29, 0.717) is 16.6 Å². The molecule has 1 aliphatic rings. The quantitative estimate of drug-likeness (QED) is 0.846. The third-order valence-corrected chi connectivity index (χ3v) is 4.41. The zero-order chi connectivity index (χ0) is 14.3. The summed E-state index contributed by atoms with van der Waals surface area (Å²) in [5, 5.41) is 1.73. The smallest absolute Gasteiger partial charge is 0.270 e. The van der Waals surface area contributed by atoms with Crippen LogP contribution in [0, 0.1) is 12.8 Å². The summed E-state index contributed by atoms with van der Waals surface area (Å²) in [5.74, 6) is 0.702. The molecule has 0 bridgehead atoms. The summed E-state index contributed by atoms with van der Waals surface area (Å²) in [4.78, 5) is 17.9. The zero-order valence-electron chi connectivity index (χ0n) is 11.9. The van der Waals surface area contributed by atoms with Crippen molar-refractivity contribution >= 4 is 28.4 Å². The standard InChI is InChI=1S/C16H19ClN2O/c1-10-4-3-7-19(9-10)16(20)15-11(2)13-8-12(17)5-6-14(13)18-15/h5-6,8,10,18H,3-4,7,9H2,1-2H3. The molecule has 1 amide bonds. The van der Waals surface area contributed by atoms with Gasteiger partial charge in [0.25, 0.3) is 5.91 Å². The highest BCUT2D eigenvalue weighted by atomic mass is 35.5. The van der Waals surface area contributed by atoms with E-state index in [-0.39, 0.29) is 5.91 Å². The number of carbonyl (C=O) groups excluding carboxylic acids is 1. The van der Waals surface area contributed by atoms with E-state index in [1.807, 2.05) is 30.0 Å². The molecule has 106 valence electrons. The highest BCUT2D eigenvalue weighted by molar-refractivity contribution is 6.31. The van der Waals surface area contributed by atoms with E-state index in [2.05, 4.69) is 11.9 Å². The number of benzene rings is 1. The van der Waals surface area contributed by atoms with Crippen LogP contribution in [0.25, 0.3) is 10.9 Å². The molecule has 0 radical (unpaired) electrons. The fourth-order valence-electron chi connectivity index (χ4n) is 3.04. The van der Waals surface area contributed by atoms with E-state index in [1.54, 1.807) is 0 Å². The molecular weight excluding hydrogens is 272 g/mol. The third-order valence-electron chi connectivity index (χ3n) is 4.18. The lowest BCUT2D eigenvalue weighted by atomic mass is 10.00. The van der Waals surface area contributed by atoms with Crippen LogP contribution in [-0.2, 0) is 0 Å². The summed E-state index contributed by atoms with van der Waals surface area (Å²) in [5.41, 5.74) is 2.67. The van der Waals surface area contributed by atoms with Crippen LogP contribution in [0.15, 0.2) is 18.2 Å². The number of aromatic nitrogens is 1. The van der Waals surface area contributed by atoms with Gasteiger partial charge in [0, 0.05) is 29.0 Å². The molecule has 3 rings (SSSR count). The van der Waals surface area contributed by atoms with Gasteiger partial charge in [0.2, 0.25) is 0 Å². The maximum absolute atomic E-state index is 12.7. The summed E-state index contributed by atoms with van der Waals surface area (Å²) in [6, 6.07) is 5.69. The molecule has 1 fully saturated rings. The summed E-state index contributed by atoms with van der Waals surface area (Å²) in [6.07, 6.45) is 2.31. The van der Waals surface area contributed by atoms with E-state index in [0.717, 1.165) is 36.0 Å². The predicted octanol–water partition coefficient (Wildman–Crippen LogP) is 4.00. The molecule has 1 N–H and O–H groups in total. The number of fused-ring (bicyclic) bond motifs is 1. The van der Waals surface area contributed by atoms with Crippen LogP contribution in [0.3, 0.4) is 0 Å². The van der Waals surface area contributed by atoms with E-state index in [9.17, 15) is 4.79 Å². The van der Waals surface area contributed by atoms with Gasteiger partial charge in [0.15, 0.2) is 0 Å². The van der Waals surface area contributed by atoms with Crippen molar-refractivity contribution < 1.29 is 4.79 Å². The van der Waals surface area contributed by atoms with Gasteiger partial charge in [-0.05, 0) is 49.4 Å². The molecule has 1 atom stereocenters. The van der Waals surface area contributed by atoms with Crippen molar-refractivity contribution in [2.24, 2.45) is 5.92 Å². The zero-order valence-corrected chi connectivity index (χ0v) is 12.6. The van der Waals surface area contributed by atoms with E-state index < -0.39 is 0 Å². The normalized spacial score (nSPS) is 19.6. The van der Waals surface area contributed by atoms with Gasteiger partial charge in [0.05, 0.1) is 0 Å². The molecule has 3 nitrogen and oxygen atoms in total. The van der Waals surface area contributed by atoms with Crippen LogP contribution in [-0.4, -0.2) is 28.9 Å². The van der Waals surface area contributed by atoms with Gasteiger partial charge in [-0.25, -0.2) is 0 Å². The molecule has 0 aliphatic carbocycles. The minimum Gasteiger partial charge on any atom is -0.350 e. The average Bonchev–Trinajstić information content (AvgIpc) is 2.75. The monoisotopic (exact) mass is 290 g/mol. The molecule has 1 unspecified atom stereocenters. The van der Waals surface area contributed by atoms with Crippen LogP contribution in [0.2, 0.25) is 5.02 Å². The number of H-pyrrole nitrogens is 1. The Morgan fingerprint density at radius 2 is 2.25 bits per heavy atom. The van der Waals surface area contributed by atoms with Crippen molar-refractivity contribution in [2.45, 2.75) is 26.7 Å². The van der Waals surface area contributed by atoms with Gasteiger partial charge in [-0.15, -0.1) is 0 Å². The number of halogens is 1. The van der Waals surface area contributed by atoms with Crippen LogP contribution in [0.1, 0.15) is 35.8 Å². The Morgan fingerprint density at radius 1 is 1.45 bits per heavy atom. The topological polar surface area (TPSA) is 36.1 Å². The molecule has 0 spiro atoms. The Hall–Kier alpha value is -1.48. The lowest BCUT2D eigenvalue weighted by Crippen LogP contribution is -2.39. The molecule has 1 aromatic heterocycles. The summed E-state index contributed by atoms with van der Waals surface area (Å²) in [7, 11) is 0. The lowest BCUT2D eigenvalue weighted by Gasteiger charge is -2.30. The third kappa shape index (κ3) is 2.31. The Balaban J connectivity index is 1.97. The molecular formula is C16H19ClN2O. The maximum atomic E-state index is 12.7. The van der Waals surface area contributed by atoms with Gasteiger partial charge in [-0.3, -0.25) is 4.79 Å². The van der Waals surface area contributed by atoms with Crippen LogP contribution < -0.4 is 0 Å². The highest BCUT2D eigenvalue weighted by Gasteiger charge is 2.24. The molecule has 1 aromatic carbocycles. The number of hydrogen-bond acceptors (Lipinski definition) is 1. The predicted molar refractivity (Wildman–Crippen MR) is 82.3 cm³/mol. The lowest BCUT2D eigenvalue weighted by molar-refractivity contribution is 0.0677. The SMILES string of the molecule is Cc1c(C(=O)N2CCCC(C)C2)[nH]c2ccc(Cl)cc12.